The molecule has 38 heavy (non-hydrogen) atoms. The number of fused-ring (bicyclic) bond motifs is 1. The first-order valence-electron chi connectivity index (χ1n) is 11.2. The van der Waals surface area contributed by atoms with Gasteiger partial charge in [0, 0.05) is 28.4 Å². The van der Waals surface area contributed by atoms with E-state index in [9.17, 15) is 17.6 Å². The minimum absolute atomic E-state index is 0.0745. The molecule has 0 spiro atoms. The van der Waals surface area contributed by atoms with Gasteiger partial charge in [0.2, 0.25) is 0 Å². The second-order valence-electron chi connectivity index (χ2n) is 8.55. The maximum absolute atomic E-state index is 15.6. The number of hydrogen-bond acceptors (Lipinski definition) is 6. The maximum Gasteiger partial charge on any atom is 0.274 e. The molecule has 3 aromatic heterocycles. The lowest BCUT2D eigenvalue weighted by atomic mass is 9.99. The van der Waals surface area contributed by atoms with Gasteiger partial charge in [0.15, 0.2) is 15.7 Å². The molecule has 3 N–H and O–H groups in total. The lowest BCUT2D eigenvalue weighted by Crippen LogP contribution is -2.12. The Balaban J connectivity index is 1.54. The Hall–Kier alpha value is -4.52. The van der Waals surface area contributed by atoms with Crippen LogP contribution in [-0.2, 0) is 15.6 Å². The Morgan fingerprint density at radius 3 is 2.53 bits per heavy atom. The molecule has 0 aliphatic heterocycles. The summed E-state index contributed by atoms with van der Waals surface area (Å²) in [5, 5.41) is 15.1. The molecule has 0 atom stereocenters. The minimum atomic E-state index is -4.05. The minimum Gasteiger partial charge on any atom is -0.318 e. The summed E-state index contributed by atoms with van der Waals surface area (Å²) >= 11 is 0. The number of nitrogens with one attached hydrogen (secondary N) is 3. The predicted octanol–water partition coefficient (Wildman–Crippen LogP) is 4.61. The molecular weight excluding hydrogens is 521 g/mol. The third-order valence-corrected chi connectivity index (χ3v) is 7.74. The second-order valence-corrected chi connectivity index (χ2v) is 10.5. The standard InChI is InChI=1S/C25H19F3N6O3S/c1-12-3-8-19(13(2)31-12)38(36,37)11-14-4-7-18(26)20(21(14)27)16-5-6-17-23(22(16)28)33-34-24(17)25(35)32-15-9-29-30-10-15/h3-10H,11H2,1-2H3,(H,29,30)(H,32,35)(H,33,34). The van der Waals surface area contributed by atoms with Gasteiger partial charge in [-0.3, -0.25) is 20.0 Å². The highest BCUT2D eigenvalue weighted by Gasteiger charge is 2.26. The van der Waals surface area contributed by atoms with Crippen molar-refractivity contribution in [1.29, 1.82) is 0 Å². The van der Waals surface area contributed by atoms with E-state index in [0.29, 0.717) is 11.4 Å². The number of sulfone groups is 1. The van der Waals surface area contributed by atoms with Crippen LogP contribution in [0.25, 0.3) is 22.0 Å². The average Bonchev–Trinajstić information content (AvgIpc) is 3.52. The summed E-state index contributed by atoms with van der Waals surface area (Å²) in [4.78, 5) is 16.6. The number of hydrogen-bond donors (Lipinski definition) is 3. The van der Waals surface area contributed by atoms with Gasteiger partial charge in [-0.15, -0.1) is 0 Å². The summed E-state index contributed by atoms with van der Waals surface area (Å²) in [6.07, 6.45) is 2.80. The fraction of sp³-hybridized carbons (Fsp3) is 0.120. The van der Waals surface area contributed by atoms with Gasteiger partial charge < -0.3 is 5.32 Å². The predicted molar refractivity (Wildman–Crippen MR) is 133 cm³/mol. The van der Waals surface area contributed by atoms with Crippen LogP contribution in [0.2, 0.25) is 0 Å². The monoisotopic (exact) mass is 540 g/mol. The van der Waals surface area contributed by atoms with Gasteiger partial charge in [-0.05, 0) is 38.1 Å². The first-order valence-corrected chi connectivity index (χ1v) is 12.8. The summed E-state index contributed by atoms with van der Waals surface area (Å²) in [6.45, 7) is 3.22. The fourth-order valence-corrected chi connectivity index (χ4v) is 5.72. The van der Waals surface area contributed by atoms with Crippen LogP contribution in [-0.4, -0.2) is 39.7 Å². The Labute approximate surface area is 214 Å². The number of aromatic nitrogens is 5. The molecule has 0 saturated carbocycles. The first-order chi connectivity index (χ1) is 18.1. The smallest absolute Gasteiger partial charge is 0.274 e. The molecule has 194 valence electrons. The number of halogens is 3. The SMILES string of the molecule is Cc1ccc(S(=O)(=O)Cc2ccc(F)c(-c3ccc4c(C(=O)Nc5cn[nH]c5)[nH]nc4c3F)c2F)c(C)n1. The van der Waals surface area contributed by atoms with Crippen molar-refractivity contribution in [2.24, 2.45) is 0 Å². The molecule has 0 saturated heterocycles. The van der Waals surface area contributed by atoms with Crippen molar-refractivity contribution in [2.45, 2.75) is 24.5 Å². The van der Waals surface area contributed by atoms with E-state index in [0.717, 1.165) is 18.2 Å². The first kappa shape index (κ1) is 25.1. The number of anilines is 1. The van der Waals surface area contributed by atoms with Crippen LogP contribution in [0.3, 0.4) is 0 Å². The third kappa shape index (κ3) is 4.41. The van der Waals surface area contributed by atoms with Crippen molar-refractivity contribution >= 4 is 32.3 Å². The van der Waals surface area contributed by atoms with Gasteiger partial charge >= 0.3 is 0 Å². The van der Waals surface area contributed by atoms with Crippen LogP contribution in [0.4, 0.5) is 18.9 Å². The average molecular weight is 541 g/mol. The summed E-state index contributed by atoms with van der Waals surface area (Å²) in [7, 11) is -4.05. The molecular formula is C25H19F3N6O3S. The number of amides is 1. The number of carbonyl (C=O) groups is 1. The number of H-pyrrole nitrogens is 2. The van der Waals surface area contributed by atoms with Crippen molar-refractivity contribution < 1.29 is 26.4 Å². The molecule has 0 aliphatic carbocycles. The highest BCUT2D eigenvalue weighted by atomic mass is 32.2. The maximum atomic E-state index is 15.6. The van der Waals surface area contributed by atoms with Crippen LogP contribution in [0.15, 0.2) is 53.7 Å². The molecule has 13 heteroatoms. The number of pyridine rings is 1. The summed E-state index contributed by atoms with van der Waals surface area (Å²) in [6, 6.07) is 7.18. The van der Waals surface area contributed by atoms with E-state index in [1.54, 1.807) is 6.92 Å². The van der Waals surface area contributed by atoms with Crippen LogP contribution >= 0.6 is 0 Å². The van der Waals surface area contributed by atoms with E-state index in [4.69, 9.17) is 0 Å². The van der Waals surface area contributed by atoms with Crippen LogP contribution in [0.5, 0.6) is 0 Å². The molecule has 0 aliphatic rings. The quantitative estimate of drug-likeness (QED) is 0.288. The Bertz CT molecular complexity index is 1820. The number of aromatic amines is 2. The largest absolute Gasteiger partial charge is 0.318 e. The number of aryl methyl sites for hydroxylation is 2. The molecule has 9 nitrogen and oxygen atoms in total. The number of rotatable bonds is 6. The van der Waals surface area contributed by atoms with Gasteiger partial charge in [0.1, 0.15) is 22.8 Å². The Morgan fingerprint density at radius 1 is 1.03 bits per heavy atom. The molecule has 1 amide bonds. The van der Waals surface area contributed by atoms with E-state index in [-0.39, 0.29) is 32.7 Å². The van der Waals surface area contributed by atoms with Crippen molar-refractivity contribution in [3.63, 3.8) is 0 Å². The van der Waals surface area contributed by atoms with Crippen molar-refractivity contribution in [2.75, 3.05) is 5.32 Å². The van der Waals surface area contributed by atoms with E-state index < -0.39 is 50.1 Å². The Morgan fingerprint density at radius 2 is 1.82 bits per heavy atom. The molecule has 2 aromatic carbocycles. The molecule has 3 heterocycles. The molecule has 0 bridgehead atoms. The van der Waals surface area contributed by atoms with E-state index in [2.05, 4.69) is 30.7 Å². The van der Waals surface area contributed by atoms with Gasteiger partial charge in [0.25, 0.3) is 5.91 Å². The highest BCUT2D eigenvalue weighted by molar-refractivity contribution is 7.90. The van der Waals surface area contributed by atoms with Crippen molar-refractivity contribution in [3.05, 3.63) is 88.9 Å². The van der Waals surface area contributed by atoms with Crippen LogP contribution in [0.1, 0.15) is 27.4 Å². The summed E-state index contributed by atoms with van der Waals surface area (Å²) < 4.78 is 71.9. The Kier molecular flexibility index (Phi) is 6.23. The van der Waals surface area contributed by atoms with Gasteiger partial charge in [0.05, 0.1) is 33.8 Å². The third-order valence-electron chi connectivity index (χ3n) is 5.95. The van der Waals surface area contributed by atoms with E-state index in [1.165, 1.54) is 37.5 Å². The zero-order chi connectivity index (χ0) is 27.2. The molecule has 0 fully saturated rings. The molecule has 0 radical (unpaired) electrons. The lowest BCUT2D eigenvalue weighted by molar-refractivity contribution is 0.102. The normalized spacial score (nSPS) is 11.7. The number of carbonyl (C=O) groups excluding carboxylic acids is 1. The molecule has 5 rings (SSSR count). The van der Waals surface area contributed by atoms with Crippen LogP contribution in [0, 0.1) is 31.3 Å². The van der Waals surface area contributed by atoms with Gasteiger partial charge in [-0.1, -0.05) is 12.1 Å². The van der Waals surface area contributed by atoms with Crippen molar-refractivity contribution in [1.82, 2.24) is 25.4 Å². The lowest BCUT2D eigenvalue weighted by Gasteiger charge is -2.13. The zero-order valence-electron chi connectivity index (χ0n) is 19.9. The van der Waals surface area contributed by atoms with Crippen LogP contribution < -0.4 is 5.32 Å². The summed E-state index contributed by atoms with van der Waals surface area (Å²) in [5.74, 6) is -4.83. The van der Waals surface area contributed by atoms with Crippen molar-refractivity contribution in [3.8, 4) is 11.1 Å². The second kappa shape index (κ2) is 9.41. The van der Waals surface area contributed by atoms with Gasteiger partial charge in [-0.25, -0.2) is 21.6 Å². The zero-order valence-corrected chi connectivity index (χ0v) is 20.8. The number of nitrogens with zero attached hydrogens (tertiary/aromatic N) is 3. The van der Waals surface area contributed by atoms with E-state index >= 15 is 8.78 Å². The fourth-order valence-electron chi connectivity index (χ4n) is 4.17. The topological polar surface area (TPSA) is 133 Å². The molecule has 0 unspecified atom stereocenters. The highest BCUT2D eigenvalue weighted by Crippen LogP contribution is 2.35. The number of benzene rings is 2. The van der Waals surface area contributed by atoms with E-state index in [1.807, 2.05) is 0 Å². The summed E-state index contributed by atoms with van der Waals surface area (Å²) in [5.41, 5.74) is -0.743. The van der Waals surface area contributed by atoms with Gasteiger partial charge in [-0.2, -0.15) is 10.2 Å². The molecule has 5 aromatic rings.